The standard InChI is InChI=1S/C30H36F3N5O6S/c1-21-19-24(27(40)37-14-12-36(13-15-37)16-17-39)6-5-22(21)7-18-45(42,43)38-10-8-29(9-11-38)28(41)34-26(35-29)23-3-2-4-25(20-23)44-30(31,32)33/h2-6,19-20,39H,7-18H2,1H3,(H,34,35,41). The molecule has 45 heavy (non-hydrogen) atoms. The number of carbonyl (C=O) groups is 2. The highest BCUT2D eigenvalue weighted by molar-refractivity contribution is 7.89. The van der Waals surface area contributed by atoms with Crippen molar-refractivity contribution in [2.24, 2.45) is 4.99 Å². The first-order valence-corrected chi connectivity index (χ1v) is 16.4. The number of nitrogens with zero attached hydrogens (tertiary/aromatic N) is 4. The third-order valence-corrected chi connectivity index (χ3v) is 10.4. The number of amidine groups is 1. The number of aryl methyl sites for hydroxylation is 2. The molecule has 2 fully saturated rings. The van der Waals surface area contributed by atoms with Gasteiger partial charge in [0.25, 0.3) is 11.8 Å². The number of β-amino-alcohol motifs (C(OH)–C–C–N with tert-alkyl or cyclic N) is 1. The molecule has 2 saturated heterocycles. The number of amides is 2. The number of carbonyl (C=O) groups excluding carboxylic acids is 2. The van der Waals surface area contributed by atoms with Gasteiger partial charge in [-0.2, -0.15) is 0 Å². The van der Waals surface area contributed by atoms with E-state index in [-0.39, 0.29) is 62.0 Å². The fourth-order valence-corrected chi connectivity index (χ4v) is 7.42. The first-order chi connectivity index (χ1) is 21.3. The second-order valence-corrected chi connectivity index (χ2v) is 13.6. The molecule has 2 aromatic rings. The van der Waals surface area contributed by atoms with E-state index in [1.807, 2.05) is 6.92 Å². The molecule has 3 heterocycles. The number of alkyl halides is 3. The number of piperazine rings is 1. The summed E-state index contributed by atoms with van der Waals surface area (Å²) in [6.07, 6.45) is -4.35. The number of piperidine rings is 1. The topological polar surface area (TPSA) is 132 Å². The summed E-state index contributed by atoms with van der Waals surface area (Å²) in [6, 6.07) is 10.4. The summed E-state index contributed by atoms with van der Waals surface area (Å²) in [4.78, 5) is 34.3. The van der Waals surface area contributed by atoms with Crippen LogP contribution in [-0.2, 0) is 21.2 Å². The summed E-state index contributed by atoms with van der Waals surface area (Å²) in [5, 5.41) is 11.8. The minimum atomic E-state index is -4.86. The second kappa shape index (κ2) is 13.1. The van der Waals surface area contributed by atoms with Crippen molar-refractivity contribution >= 4 is 27.7 Å². The van der Waals surface area contributed by atoms with E-state index in [2.05, 4.69) is 19.9 Å². The van der Waals surface area contributed by atoms with Gasteiger partial charge in [0.15, 0.2) is 0 Å². The Balaban J connectivity index is 1.17. The van der Waals surface area contributed by atoms with Gasteiger partial charge < -0.3 is 20.1 Å². The number of hydrogen-bond donors (Lipinski definition) is 2. The van der Waals surface area contributed by atoms with Crippen LogP contribution in [0, 0.1) is 6.92 Å². The third kappa shape index (κ3) is 7.65. The first kappa shape index (κ1) is 32.9. The number of ether oxygens (including phenoxy) is 1. The molecule has 3 aliphatic rings. The maximum Gasteiger partial charge on any atom is 0.573 e. The molecule has 0 radical (unpaired) electrons. The monoisotopic (exact) mass is 651 g/mol. The van der Waals surface area contributed by atoms with Crippen LogP contribution in [-0.4, -0.2) is 115 Å². The van der Waals surface area contributed by atoms with E-state index >= 15 is 0 Å². The van der Waals surface area contributed by atoms with E-state index in [9.17, 15) is 31.2 Å². The molecule has 3 aliphatic heterocycles. The molecule has 0 atom stereocenters. The summed E-state index contributed by atoms with van der Waals surface area (Å²) < 4.78 is 69.7. The lowest BCUT2D eigenvalue weighted by Crippen LogP contribution is -2.50. The molecule has 1 spiro atoms. The smallest absolute Gasteiger partial charge is 0.406 e. The first-order valence-electron chi connectivity index (χ1n) is 14.8. The van der Waals surface area contributed by atoms with Gasteiger partial charge in [0.2, 0.25) is 10.0 Å². The van der Waals surface area contributed by atoms with Gasteiger partial charge in [0.1, 0.15) is 17.1 Å². The van der Waals surface area contributed by atoms with E-state index in [0.29, 0.717) is 38.3 Å². The van der Waals surface area contributed by atoms with Crippen molar-refractivity contribution in [2.45, 2.75) is 38.1 Å². The fourth-order valence-electron chi connectivity index (χ4n) is 5.94. The number of halogens is 3. The molecule has 0 saturated carbocycles. The predicted octanol–water partition coefficient (Wildman–Crippen LogP) is 1.93. The van der Waals surface area contributed by atoms with Gasteiger partial charge >= 0.3 is 6.36 Å². The predicted molar refractivity (Wildman–Crippen MR) is 159 cm³/mol. The van der Waals surface area contributed by atoms with Gasteiger partial charge in [-0.3, -0.25) is 19.5 Å². The molecule has 0 unspecified atom stereocenters. The number of benzene rings is 2. The van der Waals surface area contributed by atoms with E-state index < -0.39 is 33.6 Å². The number of aliphatic imine (C=N–C) groups is 1. The maximum absolute atomic E-state index is 13.3. The number of aliphatic hydroxyl groups is 1. The molecule has 2 N–H and O–H groups in total. The Labute approximate surface area is 259 Å². The van der Waals surface area contributed by atoms with E-state index in [4.69, 9.17) is 5.11 Å². The average molecular weight is 652 g/mol. The molecule has 0 bridgehead atoms. The molecule has 15 heteroatoms. The molecule has 5 rings (SSSR count). The van der Waals surface area contributed by atoms with Gasteiger partial charge in [-0.1, -0.05) is 18.2 Å². The summed E-state index contributed by atoms with van der Waals surface area (Å²) in [5.74, 6) is -0.969. The number of nitrogens with one attached hydrogen (secondary N) is 1. The summed E-state index contributed by atoms with van der Waals surface area (Å²) in [7, 11) is -3.67. The van der Waals surface area contributed by atoms with Crippen LogP contribution >= 0.6 is 0 Å². The zero-order valence-electron chi connectivity index (χ0n) is 24.8. The molecule has 11 nitrogen and oxygen atoms in total. The fraction of sp³-hybridized carbons (Fsp3) is 0.500. The molecular weight excluding hydrogens is 615 g/mol. The second-order valence-electron chi connectivity index (χ2n) is 11.5. The maximum atomic E-state index is 13.3. The van der Waals surface area contributed by atoms with E-state index in [1.54, 1.807) is 23.1 Å². The number of aliphatic hydroxyl groups excluding tert-OH is 1. The Kier molecular flexibility index (Phi) is 9.54. The lowest BCUT2D eigenvalue weighted by Gasteiger charge is -2.34. The van der Waals surface area contributed by atoms with Crippen LogP contribution in [0.5, 0.6) is 5.75 Å². The Hall–Kier alpha value is -3.53. The molecule has 0 aromatic heterocycles. The largest absolute Gasteiger partial charge is 0.573 e. The number of hydrogen-bond acceptors (Lipinski definition) is 8. The number of sulfonamides is 1. The van der Waals surface area contributed by atoms with Crippen molar-refractivity contribution in [3.63, 3.8) is 0 Å². The lowest BCUT2D eigenvalue weighted by atomic mass is 9.89. The van der Waals surface area contributed by atoms with Crippen molar-refractivity contribution in [3.05, 3.63) is 64.7 Å². The highest BCUT2D eigenvalue weighted by Gasteiger charge is 2.47. The molecule has 244 valence electrons. The Bertz CT molecular complexity index is 1570. The Morgan fingerprint density at radius 1 is 1.07 bits per heavy atom. The van der Waals surface area contributed by atoms with Crippen molar-refractivity contribution in [2.75, 3.05) is 58.2 Å². The zero-order chi connectivity index (χ0) is 32.4. The van der Waals surface area contributed by atoms with Crippen LogP contribution in [0.15, 0.2) is 47.5 Å². The van der Waals surface area contributed by atoms with Crippen LogP contribution < -0.4 is 10.1 Å². The van der Waals surface area contributed by atoms with Gasteiger partial charge in [-0.05, 0) is 61.6 Å². The summed E-state index contributed by atoms with van der Waals surface area (Å²) >= 11 is 0. The van der Waals surface area contributed by atoms with E-state index in [0.717, 1.165) is 23.3 Å². The Morgan fingerprint density at radius 2 is 1.78 bits per heavy atom. The van der Waals surface area contributed by atoms with Crippen LogP contribution in [0.3, 0.4) is 0 Å². The van der Waals surface area contributed by atoms with E-state index in [1.165, 1.54) is 16.4 Å². The highest BCUT2D eigenvalue weighted by Crippen LogP contribution is 2.33. The molecule has 2 amide bonds. The molecule has 0 aliphatic carbocycles. The average Bonchev–Trinajstić information content (AvgIpc) is 3.31. The van der Waals surface area contributed by atoms with Crippen LogP contribution in [0.4, 0.5) is 13.2 Å². The van der Waals surface area contributed by atoms with Crippen molar-refractivity contribution in [1.29, 1.82) is 0 Å². The van der Waals surface area contributed by atoms with Crippen LogP contribution in [0.25, 0.3) is 0 Å². The van der Waals surface area contributed by atoms with Gasteiger partial charge in [-0.15, -0.1) is 13.2 Å². The van der Waals surface area contributed by atoms with Gasteiger partial charge in [0.05, 0.1) is 12.4 Å². The van der Waals surface area contributed by atoms with Crippen LogP contribution in [0.1, 0.15) is 39.9 Å². The van der Waals surface area contributed by atoms with Crippen molar-refractivity contribution < 1.29 is 41.0 Å². The summed E-state index contributed by atoms with van der Waals surface area (Å²) in [6.45, 7) is 5.22. The summed E-state index contributed by atoms with van der Waals surface area (Å²) in [5.41, 5.74) is 1.23. The minimum Gasteiger partial charge on any atom is -0.406 e. The van der Waals surface area contributed by atoms with Gasteiger partial charge in [-0.25, -0.2) is 12.7 Å². The lowest BCUT2D eigenvalue weighted by molar-refractivity contribution is -0.274. The minimum absolute atomic E-state index is 0.0712. The quantitative estimate of drug-likeness (QED) is 0.424. The third-order valence-electron chi connectivity index (χ3n) is 8.56. The number of rotatable bonds is 9. The van der Waals surface area contributed by atoms with Gasteiger partial charge in [0, 0.05) is 56.9 Å². The normalized spacial score (nSPS) is 19.4. The SMILES string of the molecule is Cc1cc(C(=O)N2CCN(CCO)CC2)ccc1CCS(=O)(=O)N1CCC2(CC1)N=C(c1cccc(OC(F)(F)F)c1)NC2=O. The molecule has 2 aromatic carbocycles. The zero-order valence-corrected chi connectivity index (χ0v) is 25.7. The highest BCUT2D eigenvalue weighted by atomic mass is 32.2. The van der Waals surface area contributed by atoms with Crippen molar-refractivity contribution in [1.82, 2.24) is 19.4 Å². The van der Waals surface area contributed by atoms with Crippen molar-refractivity contribution in [3.8, 4) is 5.75 Å². The Morgan fingerprint density at radius 3 is 2.42 bits per heavy atom. The molecular formula is C30H36F3N5O6S. The van der Waals surface area contributed by atoms with Crippen LogP contribution in [0.2, 0.25) is 0 Å².